The van der Waals surface area contributed by atoms with Crippen LogP contribution < -0.4 is 11.1 Å². The average molecular weight is 281 g/mol. The highest BCUT2D eigenvalue weighted by atomic mass is 16.2. The number of piperidine rings is 1. The predicted octanol–water partition coefficient (Wildman–Crippen LogP) is 0.879. The number of hydrogen-bond acceptors (Lipinski definition) is 3. The van der Waals surface area contributed by atoms with Gasteiger partial charge in [0.15, 0.2) is 0 Å². The Bertz CT molecular complexity index is 351. The molecule has 0 aromatic heterocycles. The van der Waals surface area contributed by atoms with Crippen molar-refractivity contribution in [3.63, 3.8) is 0 Å². The van der Waals surface area contributed by atoms with E-state index in [1.165, 1.54) is 6.42 Å². The van der Waals surface area contributed by atoms with Crippen molar-refractivity contribution in [1.29, 1.82) is 0 Å². The van der Waals surface area contributed by atoms with E-state index in [1.54, 1.807) is 6.92 Å². The Hall–Kier alpha value is -1.10. The second kappa shape index (κ2) is 7.07. The molecule has 1 aliphatic carbocycles. The van der Waals surface area contributed by atoms with Crippen LogP contribution in [-0.2, 0) is 9.59 Å². The van der Waals surface area contributed by atoms with Crippen LogP contribution in [0.2, 0.25) is 0 Å². The van der Waals surface area contributed by atoms with Gasteiger partial charge in [-0.2, -0.15) is 0 Å². The maximum Gasteiger partial charge on any atom is 0.223 e. The molecule has 2 amide bonds. The Kier molecular flexibility index (Phi) is 5.40. The zero-order valence-corrected chi connectivity index (χ0v) is 12.4. The molecule has 114 valence electrons. The van der Waals surface area contributed by atoms with Gasteiger partial charge < -0.3 is 16.0 Å². The molecule has 0 aromatic rings. The molecule has 1 saturated heterocycles. The largest absolute Gasteiger partial charge is 0.353 e. The summed E-state index contributed by atoms with van der Waals surface area (Å²) in [5.41, 5.74) is 5.79. The topological polar surface area (TPSA) is 75.4 Å². The maximum absolute atomic E-state index is 12.4. The number of carbonyl (C=O) groups is 2. The molecule has 1 aliphatic heterocycles. The lowest BCUT2D eigenvalue weighted by Gasteiger charge is -2.34. The van der Waals surface area contributed by atoms with Crippen LogP contribution in [0.3, 0.4) is 0 Å². The first kappa shape index (κ1) is 15.3. The number of amides is 2. The number of nitrogens with one attached hydrogen (secondary N) is 1. The minimum atomic E-state index is 0.0968. The predicted molar refractivity (Wildman–Crippen MR) is 77.9 cm³/mol. The summed E-state index contributed by atoms with van der Waals surface area (Å²) >= 11 is 0. The van der Waals surface area contributed by atoms with Crippen LogP contribution in [0.25, 0.3) is 0 Å². The summed E-state index contributed by atoms with van der Waals surface area (Å²) < 4.78 is 0. The number of nitrogens with zero attached hydrogens (tertiary/aromatic N) is 1. The quantitative estimate of drug-likeness (QED) is 0.806. The van der Waals surface area contributed by atoms with Crippen molar-refractivity contribution in [2.24, 2.45) is 17.6 Å². The van der Waals surface area contributed by atoms with E-state index < -0.39 is 0 Å². The Morgan fingerprint density at radius 3 is 2.40 bits per heavy atom. The summed E-state index contributed by atoms with van der Waals surface area (Å²) in [6, 6.07) is 0.221. The summed E-state index contributed by atoms with van der Waals surface area (Å²) in [7, 11) is 0. The molecular formula is C15H27N3O2. The first-order valence-electron chi connectivity index (χ1n) is 7.87. The maximum atomic E-state index is 12.4. The van der Waals surface area contributed by atoms with Gasteiger partial charge in [-0.1, -0.05) is 12.8 Å². The third-order valence-electron chi connectivity index (χ3n) is 4.84. The van der Waals surface area contributed by atoms with Crippen molar-refractivity contribution in [2.75, 3.05) is 19.6 Å². The van der Waals surface area contributed by atoms with Gasteiger partial charge >= 0.3 is 0 Å². The molecule has 1 saturated carbocycles. The van der Waals surface area contributed by atoms with E-state index in [1.807, 2.05) is 4.90 Å². The molecule has 2 fully saturated rings. The van der Waals surface area contributed by atoms with Gasteiger partial charge in [0, 0.05) is 32.0 Å². The lowest BCUT2D eigenvalue weighted by atomic mass is 9.78. The van der Waals surface area contributed by atoms with E-state index in [0.717, 1.165) is 45.2 Å². The monoisotopic (exact) mass is 281 g/mol. The van der Waals surface area contributed by atoms with E-state index in [0.29, 0.717) is 12.5 Å². The first-order chi connectivity index (χ1) is 9.61. The Balaban J connectivity index is 1.81. The van der Waals surface area contributed by atoms with Crippen molar-refractivity contribution in [3.8, 4) is 0 Å². The number of carbonyl (C=O) groups excluding carboxylic acids is 2. The molecule has 0 aromatic carbocycles. The highest BCUT2D eigenvalue weighted by Gasteiger charge is 2.31. The summed E-state index contributed by atoms with van der Waals surface area (Å²) in [5, 5.41) is 3.18. The fourth-order valence-electron chi connectivity index (χ4n) is 3.48. The van der Waals surface area contributed by atoms with Gasteiger partial charge in [-0.15, -0.1) is 0 Å². The van der Waals surface area contributed by atoms with Gasteiger partial charge in [0.1, 0.15) is 0 Å². The normalized spacial score (nSPS) is 28.2. The zero-order valence-electron chi connectivity index (χ0n) is 12.4. The second-order valence-corrected chi connectivity index (χ2v) is 6.18. The van der Waals surface area contributed by atoms with Crippen LogP contribution >= 0.6 is 0 Å². The second-order valence-electron chi connectivity index (χ2n) is 6.18. The van der Waals surface area contributed by atoms with Gasteiger partial charge in [0.2, 0.25) is 11.8 Å². The molecule has 0 spiro atoms. The van der Waals surface area contributed by atoms with Crippen molar-refractivity contribution < 1.29 is 9.59 Å². The third kappa shape index (κ3) is 3.72. The summed E-state index contributed by atoms with van der Waals surface area (Å²) in [4.78, 5) is 25.5. The van der Waals surface area contributed by atoms with Crippen LogP contribution in [0.15, 0.2) is 0 Å². The van der Waals surface area contributed by atoms with Crippen molar-refractivity contribution in [3.05, 3.63) is 0 Å². The number of nitrogens with two attached hydrogens (primary N) is 1. The molecule has 20 heavy (non-hydrogen) atoms. The van der Waals surface area contributed by atoms with E-state index in [2.05, 4.69) is 5.32 Å². The Morgan fingerprint density at radius 2 is 1.80 bits per heavy atom. The average Bonchev–Trinajstić information content (AvgIpc) is 2.47. The molecule has 0 radical (unpaired) electrons. The van der Waals surface area contributed by atoms with Crippen LogP contribution in [0.5, 0.6) is 0 Å². The molecule has 5 heteroatoms. The summed E-state index contributed by atoms with van der Waals surface area (Å²) in [6.07, 6.45) is 6.12. The van der Waals surface area contributed by atoms with Crippen LogP contribution in [-0.4, -0.2) is 42.4 Å². The van der Waals surface area contributed by atoms with E-state index in [9.17, 15) is 9.59 Å². The standard InChI is InChI=1S/C15H27N3O2/c1-11(19)18-8-6-13(7-9-18)17-15(20)14-5-3-2-4-12(14)10-16/h12-14H,2-10,16H2,1H3,(H,17,20). The highest BCUT2D eigenvalue weighted by molar-refractivity contribution is 5.79. The summed E-state index contributed by atoms with van der Waals surface area (Å²) in [5.74, 6) is 0.757. The number of hydrogen-bond donors (Lipinski definition) is 2. The molecule has 2 atom stereocenters. The van der Waals surface area contributed by atoms with E-state index in [-0.39, 0.29) is 23.8 Å². The fraction of sp³-hybridized carbons (Fsp3) is 0.867. The summed E-state index contributed by atoms with van der Waals surface area (Å²) in [6.45, 7) is 3.73. The minimum Gasteiger partial charge on any atom is -0.353 e. The number of likely N-dealkylation sites (tertiary alicyclic amines) is 1. The molecule has 2 aliphatic rings. The highest BCUT2D eigenvalue weighted by Crippen LogP contribution is 2.29. The third-order valence-corrected chi connectivity index (χ3v) is 4.84. The van der Waals surface area contributed by atoms with Crippen LogP contribution in [0.4, 0.5) is 0 Å². The molecule has 1 heterocycles. The van der Waals surface area contributed by atoms with Gasteiger partial charge in [0.05, 0.1) is 0 Å². The van der Waals surface area contributed by atoms with E-state index in [4.69, 9.17) is 5.73 Å². The van der Waals surface area contributed by atoms with Gasteiger partial charge in [0.25, 0.3) is 0 Å². The lowest BCUT2D eigenvalue weighted by molar-refractivity contribution is -0.130. The van der Waals surface area contributed by atoms with Gasteiger partial charge in [-0.3, -0.25) is 9.59 Å². The minimum absolute atomic E-state index is 0.0968. The molecule has 2 rings (SSSR count). The fourth-order valence-corrected chi connectivity index (χ4v) is 3.48. The molecule has 0 bridgehead atoms. The van der Waals surface area contributed by atoms with E-state index >= 15 is 0 Å². The smallest absolute Gasteiger partial charge is 0.223 e. The van der Waals surface area contributed by atoms with Crippen LogP contribution in [0, 0.1) is 11.8 Å². The molecule has 3 N–H and O–H groups in total. The Labute approximate surface area is 121 Å². The lowest BCUT2D eigenvalue weighted by Crippen LogP contribution is -2.49. The molecule has 2 unspecified atom stereocenters. The van der Waals surface area contributed by atoms with Gasteiger partial charge in [-0.05, 0) is 38.1 Å². The van der Waals surface area contributed by atoms with Crippen molar-refractivity contribution in [2.45, 2.75) is 51.5 Å². The SMILES string of the molecule is CC(=O)N1CCC(NC(=O)C2CCCCC2CN)CC1. The van der Waals surface area contributed by atoms with Crippen molar-refractivity contribution >= 4 is 11.8 Å². The first-order valence-corrected chi connectivity index (χ1v) is 7.87. The van der Waals surface area contributed by atoms with Crippen LogP contribution in [0.1, 0.15) is 45.4 Å². The molecular weight excluding hydrogens is 254 g/mol. The van der Waals surface area contributed by atoms with Gasteiger partial charge in [-0.25, -0.2) is 0 Å². The van der Waals surface area contributed by atoms with Crippen molar-refractivity contribution in [1.82, 2.24) is 10.2 Å². The zero-order chi connectivity index (χ0) is 14.5. The molecule has 5 nitrogen and oxygen atoms in total. The Morgan fingerprint density at radius 1 is 1.15 bits per heavy atom. The number of rotatable bonds is 3.